The van der Waals surface area contributed by atoms with Crippen molar-refractivity contribution >= 4 is 5.69 Å². The molecule has 26 heavy (non-hydrogen) atoms. The van der Waals surface area contributed by atoms with Gasteiger partial charge < -0.3 is 19.5 Å². The molecule has 1 atom stereocenters. The number of rotatable bonds is 7. The van der Waals surface area contributed by atoms with E-state index in [1.165, 1.54) is 12.1 Å². The average molecular weight is 360 g/mol. The number of aliphatic hydroxyl groups is 1. The van der Waals surface area contributed by atoms with Crippen molar-refractivity contribution < 1.29 is 19.0 Å². The summed E-state index contributed by atoms with van der Waals surface area (Å²) < 4.78 is 23.8. The second-order valence-corrected chi connectivity index (χ2v) is 6.41. The first kappa shape index (κ1) is 18.5. The molecule has 0 bridgehead atoms. The molecule has 0 saturated carbocycles. The summed E-state index contributed by atoms with van der Waals surface area (Å²) in [5.41, 5.74) is 1.04. The molecular formula is C20H25FN2O3. The van der Waals surface area contributed by atoms with E-state index in [1.807, 2.05) is 30.3 Å². The Kier molecular flexibility index (Phi) is 6.30. The Hall–Kier alpha value is -2.31. The van der Waals surface area contributed by atoms with Crippen LogP contribution in [0.2, 0.25) is 0 Å². The fourth-order valence-electron chi connectivity index (χ4n) is 3.07. The van der Waals surface area contributed by atoms with E-state index >= 15 is 0 Å². The predicted molar refractivity (Wildman–Crippen MR) is 99.5 cm³/mol. The normalized spacial score (nSPS) is 16.3. The molecule has 1 fully saturated rings. The minimum Gasteiger partial charge on any atom is -0.497 e. The van der Waals surface area contributed by atoms with Crippen molar-refractivity contribution in [1.82, 2.24) is 4.90 Å². The van der Waals surface area contributed by atoms with E-state index in [1.54, 1.807) is 13.2 Å². The number of anilines is 1. The van der Waals surface area contributed by atoms with E-state index in [9.17, 15) is 9.50 Å². The van der Waals surface area contributed by atoms with E-state index in [-0.39, 0.29) is 12.4 Å². The van der Waals surface area contributed by atoms with Gasteiger partial charge >= 0.3 is 0 Å². The van der Waals surface area contributed by atoms with E-state index in [2.05, 4.69) is 9.80 Å². The number of piperazine rings is 1. The molecular weight excluding hydrogens is 335 g/mol. The molecule has 0 aliphatic carbocycles. The summed E-state index contributed by atoms with van der Waals surface area (Å²) in [5.74, 6) is 1.20. The Bertz CT molecular complexity index is 688. The highest BCUT2D eigenvalue weighted by Crippen LogP contribution is 2.19. The van der Waals surface area contributed by atoms with Crippen molar-refractivity contribution in [1.29, 1.82) is 0 Å². The topological polar surface area (TPSA) is 45.2 Å². The lowest BCUT2D eigenvalue weighted by Crippen LogP contribution is -2.49. The van der Waals surface area contributed by atoms with Gasteiger partial charge in [0.1, 0.15) is 30.0 Å². The number of ether oxygens (including phenoxy) is 2. The van der Waals surface area contributed by atoms with Crippen LogP contribution in [0.1, 0.15) is 0 Å². The predicted octanol–water partition coefficient (Wildman–Crippen LogP) is 2.40. The molecule has 5 nitrogen and oxygen atoms in total. The summed E-state index contributed by atoms with van der Waals surface area (Å²) >= 11 is 0. The lowest BCUT2D eigenvalue weighted by atomic mass is 10.2. The summed E-state index contributed by atoms with van der Waals surface area (Å²) in [6.07, 6.45) is -0.557. The standard InChI is InChI=1S/C20H25FN2O3/c1-25-19-3-2-4-20(13-19)26-15-18(24)14-22-9-11-23(12-10-22)17-7-5-16(21)6-8-17/h2-8,13,18,24H,9-12,14-15H2,1H3/t18-/m0/s1. The number of hydrogen-bond acceptors (Lipinski definition) is 5. The van der Waals surface area contributed by atoms with Gasteiger partial charge in [0.15, 0.2) is 0 Å². The molecule has 6 heteroatoms. The third kappa shape index (κ3) is 5.09. The van der Waals surface area contributed by atoms with Crippen molar-refractivity contribution in [3.63, 3.8) is 0 Å². The SMILES string of the molecule is COc1cccc(OC[C@@H](O)CN2CCN(c3ccc(F)cc3)CC2)c1. The Morgan fingerprint density at radius 1 is 1.04 bits per heavy atom. The quantitative estimate of drug-likeness (QED) is 0.822. The lowest BCUT2D eigenvalue weighted by molar-refractivity contribution is 0.0662. The number of hydrogen-bond donors (Lipinski definition) is 1. The van der Waals surface area contributed by atoms with Crippen LogP contribution in [-0.4, -0.2) is 62.6 Å². The summed E-state index contributed by atoms with van der Waals surface area (Å²) in [6.45, 7) is 4.23. The number of nitrogens with zero attached hydrogens (tertiary/aromatic N) is 2. The molecule has 0 amide bonds. The summed E-state index contributed by atoms with van der Waals surface area (Å²) in [5, 5.41) is 10.2. The zero-order valence-corrected chi connectivity index (χ0v) is 15.0. The number of β-amino-alcohol motifs (C(OH)–C–C–N with tert-alkyl or cyclic N) is 1. The number of methoxy groups -OCH3 is 1. The van der Waals surface area contributed by atoms with Gasteiger partial charge in [-0.05, 0) is 36.4 Å². The van der Waals surface area contributed by atoms with Crippen molar-refractivity contribution in [2.75, 3.05) is 51.3 Å². The molecule has 2 aromatic rings. The smallest absolute Gasteiger partial charge is 0.123 e. The van der Waals surface area contributed by atoms with Crippen LogP contribution in [0, 0.1) is 5.82 Å². The molecule has 0 aromatic heterocycles. The van der Waals surface area contributed by atoms with Crippen LogP contribution in [0.3, 0.4) is 0 Å². The van der Waals surface area contributed by atoms with Crippen molar-refractivity contribution in [2.24, 2.45) is 0 Å². The van der Waals surface area contributed by atoms with Crippen LogP contribution in [0.25, 0.3) is 0 Å². The Morgan fingerprint density at radius 3 is 2.42 bits per heavy atom. The van der Waals surface area contributed by atoms with Crippen LogP contribution >= 0.6 is 0 Å². The monoisotopic (exact) mass is 360 g/mol. The third-order valence-corrected chi connectivity index (χ3v) is 4.52. The molecule has 1 heterocycles. The average Bonchev–Trinajstić information content (AvgIpc) is 2.68. The van der Waals surface area contributed by atoms with E-state index in [0.29, 0.717) is 12.3 Å². The van der Waals surface area contributed by atoms with Crippen LogP contribution in [0.15, 0.2) is 48.5 Å². The van der Waals surface area contributed by atoms with Gasteiger partial charge in [-0.2, -0.15) is 0 Å². The maximum atomic E-state index is 13.0. The number of halogens is 1. The fraction of sp³-hybridized carbons (Fsp3) is 0.400. The van der Waals surface area contributed by atoms with E-state index in [0.717, 1.165) is 37.6 Å². The van der Waals surface area contributed by atoms with Crippen LogP contribution < -0.4 is 14.4 Å². The van der Waals surface area contributed by atoms with Gasteiger partial charge in [0.05, 0.1) is 7.11 Å². The Labute approximate surface area is 153 Å². The minimum absolute atomic E-state index is 0.216. The van der Waals surface area contributed by atoms with Crippen LogP contribution in [0.5, 0.6) is 11.5 Å². The van der Waals surface area contributed by atoms with E-state index < -0.39 is 6.10 Å². The first-order valence-corrected chi connectivity index (χ1v) is 8.82. The number of benzene rings is 2. The highest BCUT2D eigenvalue weighted by atomic mass is 19.1. The zero-order valence-electron chi connectivity index (χ0n) is 15.0. The van der Waals surface area contributed by atoms with Crippen LogP contribution in [-0.2, 0) is 0 Å². The molecule has 3 rings (SSSR count). The molecule has 0 radical (unpaired) electrons. The number of aliphatic hydroxyl groups excluding tert-OH is 1. The maximum absolute atomic E-state index is 13.0. The molecule has 2 aromatic carbocycles. The Morgan fingerprint density at radius 2 is 1.73 bits per heavy atom. The second-order valence-electron chi connectivity index (χ2n) is 6.41. The van der Waals surface area contributed by atoms with Crippen molar-refractivity contribution in [3.05, 3.63) is 54.3 Å². The second kappa shape index (κ2) is 8.87. The maximum Gasteiger partial charge on any atom is 0.123 e. The van der Waals surface area contributed by atoms with Gasteiger partial charge in [-0.3, -0.25) is 4.90 Å². The zero-order chi connectivity index (χ0) is 18.4. The van der Waals surface area contributed by atoms with Crippen LogP contribution in [0.4, 0.5) is 10.1 Å². The van der Waals surface area contributed by atoms with Gasteiger partial charge in [-0.1, -0.05) is 6.07 Å². The molecule has 0 unspecified atom stereocenters. The van der Waals surface area contributed by atoms with Gasteiger partial charge in [-0.25, -0.2) is 4.39 Å². The largest absolute Gasteiger partial charge is 0.497 e. The van der Waals surface area contributed by atoms with Gasteiger partial charge in [0.25, 0.3) is 0 Å². The molecule has 0 spiro atoms. The molecule has 1 N–H and O–H groups in total. The molecule has 1 aliphatic heterocycles. The van der Waals surface area contributed by atoms with Gasteiger partial charge in [0, 0.05) is 44.5 Å². The molecule has 1 saturated heterocycles. The first-order chi connectivity index (χ1) is 12.6. The molecule has 1 aliphatic rings. The lowest BCUT2D eigenvalue weighted by Gasteiger charge is -2.36. The van der Waals surface area contributed by atoms with Crippen molar-refractivity contribution in [3.8, 4) is 11.5 Å². The molecule has 140 valence electrons. The highest BCUT2D eigenvalue weighted by molar-refractivity contribution is 5.46. The highest BCUT2D eigenvalue weighted by Gasteiger charge is 2.19. The Balaban J connectivity index is 1.41. The third-order valence-electron chi connectivity index (χ3n) is 4.52. The van der Waals surface area contributed by atoms with Gasteiger partial charge in [-0.15, -0.1) is 0 Å². The summed E-state index contributed by atoms with van der Waals surface area (Å²) in [4.78, 5) is 4.45. The van der Waals surface area contributed by atoms with Gasteiger partial charge in [0.2, 0.25) is 0 Å². The van der Waals surface area contributed by atoms with Crippen molar-refractivity contribution in [2.45, 2.75) is 6.10 Å². The minimum atomic E-state index is -0.557. The summed E-state index contributed by atoms with van der Waals surface area (Å²) in [7, 11) is 1.61. The summed E-state index contributed by atoms with van der Waals surface area (Å²) in [6, 6.07) is 13.9. The first-order valence-electron chi connectivity index (χ1n) is 8.82. The van der Waals surface area contributed by atoms with E-state index in [4.69, 9.17) is 9.47 Å². The fourth-order valence-corrected chi connectivity index (χ4v) is 3.07.